The first kappa shape index (κ1) is 15.4. The minimum absolute atomic E-state index is 0.168. The zero-order valence-electron chi connectivity index (χ0n) is 12.7. The second-order valence-electron chi connectivity index (χ2n) is 5.63. The summed E-state index contributed by atoms with van der Waals surface area (Å²) in [5.41, 5.74) is 1.53. The molecule has 0 aliphatic carbocycles. The lowest BCUT2D eigenvalue weighted by Gasteiger charge is -2.07. The van der Waals surface area contributed by atoms with Gasteiger partial charge in [-0.25, -0.2) is 13.4 Å². The van der Waals surface area contributed by atoms with E-state index in [2.05, 4.69) is 15.0 Å². The zero-order chi connectivity index (χ0) is 16.7. The van der Waals surface area contributed by atoms with Crippen LogP contribution in [0.3, 0.4) is 0 Å². The van der Waals surface area contributed by atoms with Crippen LogP contribution in [0.1, 0.15) is 27.3 Å². The first-order chi connectivity index (χ1) is 11.5. The number of fused-ring (bicyclic) bond motifs is 2. The molecule has 2 N–H and O–H groups in total. The van der Waals surface area contributed by atoms with Crippen molar-refractivity contribution in [3.63, 3.8) is 0 Å². The van der Waals surface area contributed by atoms with Gasteiger partial charge >= 0.3 is 0 Å². The lowest BCUT2D eigenvalue weighted by atomic mass is 10.2. The molecule has 0 fully saturated rings. The molecule has 2 aromatic rings. The van der Waals surface area contributed by atoms with Crippen molar-refractivity contribution in [3.05, 3.63) is 34.3 Å². The molecule has 1 aromatic carbocycles. The van der Waals surface area contributed by atoms with Crippen LogP contribution in [0.15, 0.2) is 23.1 Å². The molecule has 9 heteroatoms. The summed E-state index contributed by atoms with van der Waals surface area (Å²) in [5.74, 6) is 0.534. The first-order valence-corrected chi connectivity index (χ1v) is 9.89. The molecule has 0 unspecified atom stereocenters. The number of hydrogen-bond donors (Lipinski definition) is 2. The van der Waals surface area contributed by atoms with E-state index in [1.54, 1.807) is 12.1 Å². The molecule has 0 saturated heterocycles. The average Bonchev–Trinajstić information content (AvgIpc) is 3.13. The van der Waals surface area contributed by atoms with E-state index in [4.69, 9.17) is 4.74 Å². The number of aromatic nitrogens is 1. The molecule has 24 heavy (non-hydrogen) atoms. The predicted molar refractivity (Wildman–Crippen MR) is 89.2 cm³/mol. The quantitative estimate of drug-likeness (QED) is 0.860. The number of thiazole rings is 1. The molecule has 0 atom stereocenters. The molecule has 1 aromatic heterocycles. The zero-order valence-corrected chi connectivity index (χ0v) is 14.3. The second-order valence-corrected chi connectivity index (χ2v) is 8.31. The summed E-state index contributed by atoms with van der Waals surface area (Å²) in [5, 5.41) is 2.99. The summed E-state index contributed by atoms with van der Waals surface area (Å²) in [4.78, 5) is 16.9. The van der Waals surface area contributed by atoms with Crippen molar-refractivity contribution in [2.45, 2.75) is 24.2 Å². The smallest absolute Gasteiger partial charge is 0.263 e. The molecule has 4 rings (SSSR count). The number of hydrogen-bond acceptors (Lipinski definition) is 6. The van der Waals surface area contributed by atoms with Crippen molar-refractivity contribution in [2.75, 3.05) is 17.9 Å². The number of carbonyl (C=O) groups excluding carboxylic acids is 1. The molecule has 0 saturated carbocycles. The summed E-state index contributed by atoms with van der Waals surface area (Å²) in [7, 11) is -3.75. The van der Waals surface area contributed by atoms with Crippen LogP contribution in [0.25, 0.3) is 0 Å². The molecule has 0 spiro atoms. The Bertz CT molecular complexity index is 921. The second kappa shape index (κ2) is 5.75. The van der Waals surface area contributed by atoms with Gasteiger partial charge in [0.25, 0.3) is 15.9 Å². The minimum atomic E-state index is -3.75. The Hall–Kier alpha value is -2.13. The average molecular weight is 365 g/mol. The van der Waals surface area contributed by atoms with Crippen molar-refractivity contribution in [1.82, 2.24) is 10.3 Å². The maximum Gasteiger partial charge on any atom is 0.263 e. The van der Waals surface area contributed by atoms with Gasteiger partial charge in [-0.2, -0.15) is 0 Å². The Balaban J connectivity index is 1.63. The fourth-order valence-corrected chi connectivity index (χ4v) is 5.00. The van der Waals surface area contributed by atoms with Gasteiger partial charge in [-0.15, -0.1) is 0 Å². The Labute approximate surface area is 143 Å². The van der Waals surface area contributed by atoms with E-state index in [9.17, 15) is 13.2 Å². The largest absolute Gasteiger partial charge is 0.493 e. The van der Waals surface area contributed by atoms with Crippen molar-refractivity contribution in [1.29, 1.82) is 0 Å². The topological polar surface area (TPSA) is 97.4 Å². The first-order valence-electron chi connectivity index (χ1n) is 7.59. The Morgan fingerprint density at radius 3 is 3.04 bits per heavy atom. The highest BCUT2D eigenvalue weighted by Crippen LogP contribution is 2.30. The predicted octanol–water partition coefficient (Wildman–Crippen LogP) is 1.55. The van der Waals surface area contributed by atoms with Gasteiger partial charge in [0.15, 0.2) is 5.13 Å². The number of carbonyl (C=O) groups is 1. The van der Waals surface area contributed by atoms with Crippen LogP contribution in [0.4, 0.5) is 5.13 Å². The number of amides is 1. The maximum absolute atomic E-state index is 12.6. The summed E-state index contributed by atoms with van der Waals surface area (Å²) in [6, 6.07) is 4.80. The molecule has 0 radical (unpaired) electrons. The number of sulfonamides is 1. The SMILES string of the molecule is O=C1NCCCc2nc(NS(=O)(=O)c3ccc4c(c3)CCO4)sc21. The van der Waals surface area contributed by atoms with Crippen LogP contribution in [0.5, 0.6) is 5.75 Å². The fourth-order valence-electron chi connectivity index (χ4n) is 2.78. The highest BCUT2D eigenvalue weighted by molar-refractivity contribution is 7.93. The summed E-state index contributed by atoms with van der Waals surface area (Å²) >= 11 is 1.07. The van der Waals surface area contributed by atoms with E-state index >= 15 is 0 Å². The van der Waals surface area contributed by atoms with Gasteiger partial charge in [0.1, 0.15) is 10.6 Å². The number of ether oxygens (including phenoxy) is 1. The van der Waals surface area contributed by atoms with Crippen LogP contribution in [-0.4, -0.2) is 32.5 Å². The van der Waals surface area contributed by atoms with E-state index in [-0.39, 0.29) is 15.9 Å². The molecule has 7 nitrogen and oxygen atoms in total. The molecular weight excluding hydrogens is 350 g/mol. The fraction of sp³-hybridized carbons (Fsp3) is 0.333. The Morgan fingerprint density at radius 1 is 1.29 bits per heavy atom. The van der Waals surface area contributed by atoms with Crippen LogP contribution >= 0.6 is 11.3 Å². The monoisotopic (exact) mass is 365 g/mol. The van der Waals surface area contributed by atoms with Gasteiger partial charge in [0.2, 0.25) is 0 Å². The van der Waals surface area contributed by atoms with Gasteiger partial charge in [0.05, 0.1) is 17.2 Å². The van der Waals surface area contributed by atoms with E-state index in [1.807, 2.05) is 0 Å². The summed E-state index contributed by atoms with van der Waals surface area (Å²) in [6.45, 7) is 1.18. The third-order valence-corrected chi connectivity index (χ3v) is 6.45. The van der Waals surface area contributed by atoms with Crippen molar-refractivity contribution < 1.29 is 17.9 Å². The Morgan fingerprint density at radius 2 is 2.17 bits per heavy atom. The van der Waals surface area contributed by atoms with Crippen molar-refractivity contribution in [2.24, 2.45) is 0 Å². The highest BCUT2D eigenvalue weighted by atomic mass is 32.2. The van der Waals surface area contributed by atoms with E-state index in [0.717, 1.165) is 29.1 Å². The van der Waals surface area contributed by atoms with Gasteiger partial charge in [-0.1, -0.05) is 11.3 Å². The highest BCUT2D eigenvalue weighted by Gasteiger charge is 2.24. The van der Waals surface area contributed by atoms with Gasteiger partial charge in [-0.3, -0.25) is 9.52 Å². The Kier molecular flexibility index (Phi) is 3.69. The van der Waals surface area contributed by atoms with Crippen LogP contribution in [-0.2, 0) is 22.9 Å². The number of nitrogens with zero attached hydrogens (tertiary/aromatic N) is 1. The molecule has 1 amide bonds. The van der Waals surface area contributed by atoms with Crippen LogP contribution < -0.4 is 14.8 Å². The molecule has 2 aliphatic heterocycles. The van der Waals surface area contributed by atoms with E-state index < -0.39 is 10.0 Å². The number of anilines is 1. The molecule has 2 aliphatic rings. The number of aryl methyl sites for hydroxylation is 1. The summed E-state index contributed by atoms with van der Waals surface area (Å²) < 4.78 is 33.0. The number of benzene rings is 1. The summed E-state index contributed by atoms with van der Waals surface area (Å²) in [6.07, 6.45) is 2.15. The molecular formula is C15H15N3O4S2. The third-order valence-electron chi connectivity index (χ3n) is 3.97. The van der Waals surface area contributed by atoms with Crippen LogP contribution in [0, 0.1) is 0 Å². The van der Waals surface area contributed by atoms with E-state index in [0.29, 0.717) is 36.6 Å². The van der Waals surface area contributed by atoms with Gasteiger partial charge in [-0.05, 0) is 36.6 Å². The van der Waals surface area contributed by atoms with Crippen molar-refractivity contribution >= 4 is 32.4 Å². The van der Waals surface area contributed by atoms with Gasteiger partial charge < -0.3 is 10.1 Å². The van der Waals surface area contributed by atoms with Crippen molar-refractivity contribution in [3.8, 4) is 5.75 Å². The number of nitrogens with one attached hydrogen (secondary N) is 2. The van der Waals surface area contributed by atoms with Gasteiger partial charge in [0, 0.05) is 13.0 Å². The third kappa shape index (κ3) is 2.73. The molecule has 0 bridgehead atoms. The standard InChI is InChI=1S/C15H15N3O4S2/c19-14-13-11(2-1-6-16-14)17-15(23-13)18-24(20,21)10-3-4-12-9(8-10)5-7-22-12/h3-4,8H,1-2,5-7H2,(H,16,19)(H,17,18). The normalized spacial score (nSPS) is 16.6. The minimum Gasteiger partial charge on any atom is -0.493 e. The maximum atomic E-state index is 12.6. The van der Waals surface area contributed by atoms with E-state index in [1.165, 1.54) is 6.07 Å². The molecule has 3 heterocycles. The molecule has 126 valence electrons. The number of rotatable bonds is 3. The lowest BCUT2D eigenvalue weighted by Crippen LogP contribution is -2.21. The lowest BCUT2D eigenvalue weighted by molar-refractivity contribution is 0.0960. The van der Waals surface area contributed by atoms with Crippen LogP contribution in [0.2, 0.25) is 0 Å².